The molecule has 146 valence electrons. The van der Waals surface area contributed by atoms with E-state index in [4.69, 9.17) is 4.74 Å². The number of likely N-dealkylation sites (tertiary alicyclic amines) is 2. The lowest BCUT2D eigenvalue weighted by molar-refractivity contribution is -0.136. The second-order valence-electron chi connectivity index (χ2n) is 7.63. The molecule has 2 heterocycles. The number of ether oxygens (including phenoxy) is 1. The van der Waals surface area contributed by atoms with E-state index in [1.807, 2.05) is 58.3 Å². The van der Waals surface area contributed by atoms with E-state index >= 15 is 0 Å². The van der Waals surface area contributed by atoms with E-state index in [0.29, 0.717) is 37.7 Å². The highest BCUT2D eigenvalue weighted by Gasteiger charge is 2.41. The summed E-state index contributed by atoms with van der Waals surface area (Å²) in [4.78, 5) is 29.3. The zero-order valence-corrected chi connectivity index (χ0v) is 16.0. The zero-order chi connectivity index (χ0) is 19.3. The molecule has 0 unspecified atom stereocenters. The van der Waals surface area contributed by atoms with Gasteiger partial charge in [-0.15, -0.1) is 0 Å². The van der Waals surface area contributed by atoms with Gasteiger partial charge in [0.25, 0.3) is 5.91 Å². The van der Waals surface area contributed by atoms with Crippen LogP contribution in [0.25, 0.3) is 0 Å². The van der Waals surface area contributed by atoms with E-state index < -0.39 is 0 Å². The third-order valence-electron chi connectivity index (χ3n) is 5.75. The Kier molecular flexibility index (Phi) is 5.60. The Hall–Kier alpha value is -2.82. The summed E-state index contributed by atoms with van der Waals surface area (Å²) in [5, 5.41) is 0. The highest BCUT2D eigenvalue weighted by molar-refractivity contribution is 5.79. The van der Waals surface area contributed by atoms with Crippen molar-refractivity contribution in [3.8, 4) is 5.75 Å². The molecule has 2 saturated heterocycles. The Bertz CT molecular complexity index is 809. The first kappa shape index (κ1) is 18.5. The first-order chi connectivity index (χ1) is 13.7. The van der Waals surface area contributed by atoms with Crippen LogP contribution in [0, 0.1) is 5.92 Å². The monoisotopic (exact) mass is 378 g/mol. The maximum Gasteiger partial charge on any atom is 0.260 e. The van der Waals surface area contributed by atoms with Crippen LogP contribution in [0.2, 0.25) is 0 Å². The fourth-order valence-electron chi connectivity index (χ4n) is 4.28. The quantitative estimate of drug-likeness (QED) is 0.803. The molecule has 5 nitrogen and oxygen atoms in total. The zero-order valence-electron chi connectivity index (χ0n) is 16.0. The van der Waals surface area contributed by atoms with Crippen molar-refractivity contribution in [3.63, 3.8) is 0 Å². The van der Waals surface area contributed by atoms with E-state index in [9.17, 15) is 9.59 Å². The molecule has 28 heavy (non-hydrogen) atoms. The number of fused-ring (bicyclic) bond motifs is 1. The number of carbonyl (C=O) groups is 2. The van der Waals surface area contributed by atoms with Crippen molar-refractivity contribution in [2.24, 2.45) is 5.92 Å². The predicted octanol–water partition coefficient (Wildman–Crippen LogP) is 3.11. The Morgan fingerprint density at radius 3 is 2.46 bits per heavy atom. The molecule has 5 heteroatoms. The molecule has 2 aliphatic rings. The summed E-state index contributed by atoms with van der Waals surface area (Å²) in [7, 11) is 0. The molecular formula is C23H26N2O3. The summed E-state index contributed by atoms with van der Waals surface area (Å²) in [5.41, 5.74) is 1.13. The minimum atomic E-state index is -0.0102. The largest absolute Gasteiger partial charge is 0.484 e. The minimum Gasteiger partial charge on any atom is -0.484 e. The van der Waals surface area contributed by atoms with Gasteiger partial charge in [-0.2, -0.15) is 0 Å². The number of hydrogen-bond donors (Lipinski definition) is 0. The second-order valence-corrected chi connectivity index (χ2v) is 7.63. The molecule has 2 fully saturated rings. The molecule has 0 saturated carbocycles. The van der Waals surface area contributed by atoms with Crippen LogP contribution in [0.5, 0.6) is 5.75 Å². The Labute approximate surface area is 165 Å². The number of benzene rings is 2. The highest BCUT2D eigenvalue weighted by Crippen LogP contribution is 2.31. The molecule has 4 rings (SSSR count). The van der Waals surface area contributed by atoms with Crippen LogP contribution < -0.4 is 4.74 Å². The number of hydrogen-bond acceptors (Lipinski definition) is 3. The summed E-state index contributed by atoms with van der Waals surface area (Å²) >= 11 is 0. The third kappa shape index (κ3) is 4.19. The fourth-order valence-corrected chi connectivity index (χ4v) is 4.28. The van der Waals surface area contributed by atoms with Gasteiger partial charge < -0.3 is 14.5 Å². The number of rotatable bonds is 5. The summed E-state index contributed by atoms with van der Waals surface area (Å²) < 4.78 is 5.63. The number of para-hydroxylation sites is 1. The van der Waals surface area contributed by atoms with Gasteiger partial charge in [0.15, 0.2) is 6.61 Å². The first-order valence-electron chi connectivity index (χ1n) is 10.00. The predicted molar refractivity (Wildman–Crippen MR) is 107 cm³/mol. The standard InChI is InChI=1S/C23H26N2O3/c26-22-13-7-10-19-15-24(23(27)17-28-20-11-5-2-6-12-20)16-21(19)25(22)14-18-8-3-1-4-9-18/h1-6,8-9,11-12,19,21H,7,10,13-17H2/t19-,21+/m1/s1. The number of amides is 2. The van der Waals surface area contributed by atoms with Gasteiger partial charge in [0, 0.05) is 26.1 Å². The highest BCUT2D eigenvalue weighted by atomic mass is 16.5. The maximum absolute atomic E-state index is 12.7. The van der Waals surface area contributed by atoms with Gasteiger partial charge in [0.2, 0.25) is 5.91 Å². The summed E-state index contributed by atoms with van der Waals surface area (Å²) in [5.74, 6) is 1.23. The number of nitrogens with zero attached hydrogens (tertiary/aromatic N) is 2. The summed E-state index contributed by atoms with van der Waals surface area (Å²) in [6, 6.07) is 19.6. The van der Waals surface area contributed by atoms with Crippen LogP contribution in [0.4, 0.5) is 0 Å². The third-order valence-corrected chi connectivity index (χ3v) is 5.75. The summed E-state index contributed by atoms with van der Waals surface area (Å²) in [6.07, 6.45) is 2.49. The van der Waals surface area contributed by atoms with E-state index in [0.717, 1.165) is 18.4 Å². The lowest BCUT2D eigenvalue weighted by Gasteiger charge is -2.30. The van der Waals surface area contributed by atoms with Gasteiger partial charge in [0.05, 0.1) is 6.04 Å². The van der Waals surface area contributed by atoms with Gasteiger partial charge in [-0.05, 0) is 36.5 Å². The van der Waals surface area contributed by atoms with Crippen LogP contribution in [0.1, 0.15) is 24.8 Å². The van der Waals surface area contributed by atoms with Gasteiger partial charge >= 0.3 is 0 Å². The second kappa shape index (κ2) is 8.46. The maximum atomic E-state index is 12.7. The minimum absolute atomic E-state index is 0.0102. The van der Waals surface area contributed by atoms with E-state index in [1.54, 1.807) is 0 Å². The SMILES string of the molecule is O=C(COc1ccccc1)N1C[C@H]2CCCC(=O)N(Cc3ccccc3)[C@H]2C1. The van der Waals surface area contributed by atoms with Crippen LogP contribution in [-0.2, 0) is 16.1 Å². The molecule has 0 N–H and O–H groups in total. The van der Waals surface area contributed by atoms with Crippen molar-refractivity contribution in [2.75, 3.05) is 19.7 Å². The van der Waals surface area contributed by atoms with Crippen molar-refractivity contribution in [1.29, 1.82) is 0 Å². The topological polar surface area (TPSA) is 49.9 Å². The lowest BCUT2D eigenvalue weighted by Crippen LogP contribution is -2.43. The van der Waals surface area contributed by atoms with Gasteiger partial charge in [0.1, 0.15) is 5.75 Å². The Morgan fingerprint density at radius 2 is 1.71 bits per heavy atom. The summed E-state index contributed by atoms with van der Waals surface area (Å²) in [6.45, 7) is 1.96. The van der Waals surface area contributed by atoms with Crippen molar-refractivity contribution in [3.05, 3.63) is 66.2 Å². The van der Waals surface area contributed by atoms with Crippen LogP contribution in [0.3, 0.4) is 0 Å². The van der Waals surface area contributed by atoms with Crippen molar-refractivity contribution in [1.82, 2.24) is 9.80 Å². The van der Waals surface area contributed by atoms with Crippen molar-refractivity contribution >= 4 is 11.8 Å². The van der Waals surface area contributed by atoms with Crippen molar-refractivity contribution < 1.29 is 14.3 Å². The molecule has 0 radical (unpaired) electrons. The molecule has 2 aromatic carbocycles. The normalized spacial score (nSPS) is 21.9. The fraction of sp³-hybridized carbons (Fsp3) is 0.391. The van der Waals surface area contributed by atoms with Crippen LogP contribution in [-0.4, -0.2) is 47.4 Å². The Balaban J connectivity index is 1.42. The lowest BCUT2D eigenvalue weighted by atomic mass is 9.98. The molecule has 0 aliphatic carbocycles. The van der Waals surface area contributed by atoms with E-state index in [-0.39, 0.29) is 24.5 Å². The first-order valence-corrected chi connectivity index (χ1v) is 10.00. The number of carbonyl (C=O) groups excluding carboxylic acids is 2. The van der Waals surface area contributed by atoms with Gasteiger partial charge in [-0.1, -0.05) is 48.5 Å². The molecule has 2 amide bonds. The van der Waals surface area contributed by atoms with Crippen LogP contribution in [0.15, 0.2) is 60.7 Å². The van der Waals surface area contributed by atoms with Crippen LogP contribution >= 0.6 is 0 Å². The average molecular weight is 378 g/mol. The molecule has 2 aromatic rings. The van der Waals surface area contributed by atoms with E-state index in [2.05, 4.69) is 12.1 Å². The van der Waals surface area contributed by atoms with Gasteiger partial charge in [-0.3, -0.25) is 9.59 Å². The molecular weight excluding hydrogens is 352 g/mol. The average Bonchev–Trinajstić information content (AvgIpc) is 3.09. The molecule has 0 spiro atoms. The Morgan fingerprint density at radius 1 is 1.00 bits per heavy atom. The van der Waals surface area contributed by atoms with Gasteiger partial charge in [-0.25, -0.2) is 0 Å². The molecule has 0 bridgehead atoms. The smallest absolute Gasteiger partial charge is 0.260 e. The van der Waals surface area contributed by atoms with E-state index in [1.165, 1.54) is 0 Å². The van der Waals surface area contributed by atoms with Crippen molar-refractivity contribution in [2.45, 2.75) is 31.8 Å². The molecule has 0 aromatic heterocycles. The molecule has 2 aliphatic heterocycles. The molecule has 2 atom stereocenters.